The van der Waals surface area contributed by atoms with Gasteiger partial charge in [-0.3, -0.25) is 0 Å². The molecule has 0 radical (unpaired) electrons. The number of hydrogen-bond donors (Lipinski definition) is 0. The first-order valence-corrected chi connectivity index (χ1v) is 8.44. The lowest BCUT2D eigenvalue weighted by Crippen LogP contribution is -2.37. The van der Waals surface area contributed by atoms with Gasteiger partial charge in [-0.1, -0.05) is 0 Å². The Hall–Kier alpha value is -1.50. The van der Waals surface area contributed by atoms with Crippen LogP contribution in [-0.4, -0.2) is 54.5 Å². The van der Waals surface area contributed by atoms with Crippen LogP contribution in [0.4, 0.5) is 5.82 Å². The lowest BCUT2D eigenvalue weighted by molar-refractivity contribution is 0.0845. The zero-order valence-electron chi connectivity index (χ0n) is 12.9. The molecule has 2 aromatic rings. The molecule has 2 aliphatic heterocycles. The standard InChI is InChI=1S/C16H19ClN4O2/c17-16-19-13-2-1-12(11-3-7-22-8-4-11)18-14(13)15(20-16)21-5-9-23-10-6-21/h1-2,11H,3-10H2. The predicted octanol–water partition coefficient (Wildman–Crippen LogP) is 2.41. The van der Waals surface area contributed by atoms with Crippen molar-refractivity contribution < 1.29 is 9.47 Å². The van der Waals surface area contributed by atoms with Crippen molar-refractivity contribution in [1.82, 2.24) is 15.0 Å². The molecule has 0 N–H and O–H groups in total. The van der Waals surface area contributed by atoms with E-state index in [2.05, 4.69) is 20.9 Å². The van der Waals surface area contributed by atoms with Gasteiger partial charge in [0.05, 0.1) is 18.7 Å². The number of fused-ring (bicyclic) bond motifs is 1. The van der Waals surface area contributed by atoms with Gasteiger partial charge < -0.3 is 14.4 Å². The molecule has 0 bridgehead atoms. The summed E-state index contributed by atoms with van der Waals surface area (Å²) in [6.45, 7) is 4.60. The zero-order chi connectivity index (χ0) is 15.6. The highest BCUT2D eigenvalue weighted by Crippen LogP contribution is 2.30. The minimum Gasteiger partial charge on any atom is -0.381 e. The fourth-order valence-electron chi connectivity index (χ4n) is 3.20. The SMILES string of the molecule is Clc1nc(N2CCOCC2)c2nc(C3CCOCC3)ccc2n1. The summed E-state index contributed by atoms with van der Waals surface area (Å²) >= 11 is 6.11. The third-order valence-corrected chi connectivity index (χ3v) is 4.64. The molecule has 0 unspecified atom stereocenters. The molecule has 23 heavy (non-hydrogen) atoms. The van der Waals surface area contributed by atoms with Crippen LogP contribution in [0, 0.1) is 0 Å². The van der Waals surface area contributed by atoms with Gasteiger partial charge in [0.15, 0.2) is 5.82 Å². The molecule has 4 rings (SSSR count). The van der Waals surface area contributed by atoms with Gasteiger partial charge in [-0.25, -0.2) is 9.97 Å². The molecule has 2 aromatic heterocycles. The summed E-state index contributed by atoms with van der Waals surface area (Å²) in [6.07, 6.45) is 2.03. The lowest BCUT2D eigenvalue weighted by Gasteiger charge is -2.28. The summed E-state index contributed by atoms with van der Waals surface area (Å²) < 4.78 is 10.9. The summed E-state index contributed by atoms with van der Waals surface area (Å²) in [7, 11) is 0. The highest BCUT2D eigenvalue weighted by molar-refractivity contribution is 6.28. The average molecular weight is 335 g/mol. The van der Waals surface area contributed by atoms with Gasteiger partial charge in [0.25, 0.3) is 0 Å². The average Bonchev–Trinajstić information content (AvgIpc) is 2.62. The first-order valence-electron chi connectivity index (χ1n) is 8.06. The van der Waals surface area contributed by atoms with E-state index in [-0.39, 0.29) is 5.28 Å². The minimum absolute atomic E-state index is 0.264. The Bertz CT molecular complexity index is 700. The van der Waals surface area contributed by atoms with Crippen molar-refractivity contribution in [3.63, 3.8) is 0 Å². The molecule has 2 aliphatic rings. The Morgan fingerprint density at radius 2 is 1.70 bits per heavy atom. The quantitative estimate of drug-likeness (QED) is 0.786. The fourth-order valence-corrected chi connectivity index (χ4v) is 3.37. The van der Waals surface area contributed by atoms with Crippen LogP contribution in [0.5, 0.6) is 0 Å². The molecular weight excluding hydrogens is 316 g/mol. The molecule has 0 spiro atoms. The van der Waals surface area contributed by atoms with Crippen molar-refractivity contribution in [3.8, 4) is 0 Å². The highest BCUT2D eigenvalue weighted by Gasteiger charge is 2.21. The van der Waals surface area contributed by atoms with Gasteiger partial charge in [0.1, 0.15) is 5.52 Å². The Balaban J connectivity index is 1.76. The third kappa shape index (κ3) is 3.11. The number of hydrogen-bond acceptors (Lipinski definition) is 6. The monoisotopic (exact) mass is 334 g/mol. The fraction of sp³-hybridized carbons (Fsp3) is 0.562. The molecule has 122 valence electrons. The number of halogens is 1. The largest absolute Gasteiger partial charge is 0.381 e. The molecule has 0 aliphatic carbocycles. The van der Waals surface area contributed by atoms with E-state index in [1.165, 1.54) is 0 Å². The molecule has 0 saturated carbocycles. The highest BCUT2D eigenvalue weighted by atomic mass is 35.5. The second kappa shape index (κ2) is 6.55. The first-order chi connectivity index (χ1) is 11.3. The Morgan fingerprint density at radius 3 is 2.48 bits per heavy atom. The van der Waals surface area contributed by atoms with Crippen molar-refractivity contribution in [1.29, 1.82) is 0 Å². The zero-order valence-corrected chi connectivity index (χ0v) is 13.6. The Labute approximate surface area is 139 Å². The summed E-state index contributed by atoms with van der Waals surface area (Å²) in [5.41, 5.74) is 2.73. The number of ether oxygens (including phenoxy) is 2. The van der Waals surface area contributed by atoms with Crippen LogP contribution in [0.3, 0.4) is 0 Å². The molecule has 7 heteroatoms. The topological polar surface area (TPSA) is 60.4 Å². The van der Waals surface area contributed by atoms with E-state index in [1.54, 1.807) is 0 Å². The number of anilines is 1. The van der Waals surface area contributed by atoms with Gasteiger partial charge in [-0.05, 0) is 36.6 Å². The van der Waals surface area contributed by atoms with E-state index in [9.17, 15) is 0 Å². The summed E-state index contributed by atoms with van der Waals surface area (Å²) in [5, 5.41) is 0.264. The number of rotatable bonds is 2. The number of morpholine rings is 1. The van der Waals surface area contributed by atoms with Gasteiger partial charge >= 0.3 is 0 Å². The lowest BCUT2D eigenvalue weighted by atomic mass is 9.96. The molecule has 0 amide bonds. The predicted molar refractivity (Wildman–Crippen MR) is 88.2 cm³/mol. The smallest absolute Gasteiger partial charge is 0.225 e. The van der Waals surface area contributed by atoms with Crippen LogP contribution in [0.15, 0.2) is 12.1 Å². The van der Waals surface area contributed by atoms with Gasteiger partial charge in [0, 0.05) is 37.9 Å². The Kier molecular flexibility index (Phi) is 4.29. The molecule has 2 fully saturated rings. The molecule has 0 aromatic carbocycles. The molecule has 6 nitrogen and oxygen atoms in total. The maximum absolute atomic E-state index is 6.11. The van der Waals surface area contributed by atoms with Crippen LogP contribution in [0.1, 0.15) is 24.5 Å². The second-order valence-electron chi connectivity index (χ2n) is 5.91. The van der Waals surface area contributed by atoms with Crippen molar-refractivity contribution >= 4 is 28.5 Å². The third-order valence-electron chi connectivity index (χ3n) is 4.47. The van der Waals surface area contributed by atoms with Crippen molar-refractivity contribution in [2.24, 2.45) is 0 Å². The Morgan fingerprint density at radius 1 is 0.957 bits per heavy atom. The molecule has 4 heterocycles. The molecule has 0 atom stereocenters. The van der Waals surface area contributed by atoms with Crippen molar-refractivity contribution in [2.45, 2.75) is 18.8 Å². The maximum Gasteiger partial charge on any atom is 0.225 e. The molecule has 2 saturated heterocycles. The van der Waals surface area contributed by atoms with Gasteiger partial charge in [-0.2, -0.15) is 4.98 Å². The second-order valence-corrected chi connectivity index (χ2v) is 6.24. The van der Waals surface area contributed by atoms with Crippen molar-refractivity contribution in [2.75, 3.05) is 44.4 Å². The number of nitrogens with zero attached hydrogens (tertiary/aromatic N) is 4. The maximum atomic E-state index is 6.11. The summed E-state index contributed by atoms with van der Waals surface area (Å²) in [6, 6.07) is 4.06. The van der Waals surface area contributed by atoms with Crippen LogP contribution in [0.25, 0.3) is 11.0 Å². The van der Waals surface area contributed by atoms with E-state index in [0.29, 0.717) is 19.1 Å². The van der Waals surface area contributed by atoms with E-state index in [1.807, 2.05) is 6.07 Å². The van der Waals surface area contributed by atoms with Crippen LogP contribution >= 0.6 is 11.6 Å². The number of aromatic nitrogens is 3. The minimum atomic E-state index is 0.264. The van der Waals surface area contributed by atoms with E-state index in [0.717, 1.165) is 61.7 Å². The number of pyridine rings is 1. The summed E-state index contributed by atoms with van der Waals surface area (Å²) in [4.78, 5) is 15.8. The van der Waals surface area contributed by atoms with E-state index in [4.69, 9.17) is 26.1 Å². The van der Waals surface area contributed by atoms with Gasteiger partial charge in [-0.15, -0.1) is 0 Å². The normalized spacial score (nSPS) is 20.1. The van der Waals surface area contributed by atoms with Crippen molar-refractivity contribution in [3.05, 3.63) is 23.1 Å². The summed E-state index contributed by atoms with van der Waals surface area (Å²) in [5.74, 6) is 1.26. The van der Waals surface area contributed by atoms with Crippen LogP contribution < -0.4 is 4.90 Å². The van der Waals surface area contributed by atoms with Gasteiger partial charge in [0.2, 0.25) is 5.28 Å². The molecular formula is C16H19ClN4O2. The first kappa shape index (κ1) is 15.1. The van der Waals surface area contributed by atoms with Crippen LogP contribution in [0.2, 0.25) is 5.28 Å². The van der Waals surface area contributed by atoms with Crippen LogP contribution in [-0.2, 0) is 9.47 Å². The van der Waals surface area contributed by atoms with E-state index >= 15 is 0 Å². The van der Waals surface area contributed by atoms with E-state index < -0.39 is 0 Å².